The third-order valence-corrected chi connectivity index (χ3v) is 3.41. The zero-order valence-electron chi connectivity index (χ0n) is 11.5. The van der Waals surface area contributed by atoms with Crippen molar-refractivity contribution >= 4 is 5.91 Å². The fourth-order valence-electron chi connectivity index (χ4n) is 2.08. The Morgan fingerprint density at radius 1 is 1.50 bits per heavy atom. The third kappa shape index (κ3) is 2.89. The second kappa shape index (κ2) is 5.98. The van der Waals surface area contributed by atoms with E-state index >= 15 is 0 Å². The van der Waals surface area contributed by atoms with Crippen LogP contribution in [0.15, 0.2) is 11.1 Å². The molecule has 0 aromatic heterocycles. The molecule has 1 aliphatic heterocycles. The minimum absolute atomic E-state index is 0.0993. The lowest BCUT2D eigenvalue weighted by Gasteiger charge is -2.36. The summed E-state index contributed by atoms with van der Waals surface area (Å²) in [5.74, 6) is -0.417. The van der Waals surface area contributed by atoms with Gasteiger partial charge in [-0.3, -0.25) is 4.79 Å². The summed E-state index contributed by atoms with van der Waals surface area (Å²) in [5, 5.41) is 19.1. The summed E-state index contributed by atoms with van der Waals surface area (Å²) in [5.41, 5.74) is 0.991. The van der Waals surface area contributed by atoms with E-state index in [1.54, 1.807) is 13.8 Å². The lowest BCUT2D eigenvalue weighted by atomic mass is 9.91. The molecule has 0 saturated heterocycles. The quantitative estimate of drug-likeness (QED) is 0.793. The highest BCUT2D eigenvalue weighted by Gasteiger charge is 2.36. The van der Waals surface area contributed by atoms with Crippen molar-refractivity contribution in [2.45, 2.75) is 26.5 Å². The smallest absolute Gasteiger partial charge is 0.231 e. The van der Waals surface area contributed by atoms with Gasteiger partial charge >= 0.3 is 0 Å². The second-order valence-corrected chi connectivity index (χ2v) is 4.99. The van der Waals surface area contributed by atoms with Crippen molar-refractivity contribution in [2.75, 3.05) is 27.2 Å². The highest BCUT2D eigenvalue weighted by atomic mass is 16.3. The molecular formula is C13H21N3O2. The molecule has 18 heavy (non-hydrogen) atoms. The molecule has 1 rings (SSSR count). The summed E-state index contributed by atoms with van der Waals surface area (Å²) in [7, 11) is 3.92. The molecule has 0 spiro atoms. The largest absolute Gasteiger partial charge is 0.369 e. The van der Waals surface area contributed by atoms with Gasteiger partial charge in [0, 0.05) is 6.54 Å². The number of hydrogen-bond acceptors (Lipinski definition) is 4. The molecule has 0 aromatic carbocycles. The molecule has 0 aromatic rings. The van der Waals surface area contributed by atoms with Crippen molar-refractivity contribution in [3.05, 3.63) is 11.1 Å². The minimum atomic E-state index is -1.08. The Hall–Kier alpha value is -1.38. The van der Waals surface area contributed by atoms with Crippen LogP contribution in [0.5, 0.6) is 0 Å². The van der Waals surface area contributed by atoms with E-state index in [-0.39, 0.29) is 11.8 Å². The van der Waals surface area contributed by atoms with Gasteiger partial charge in [-0.25, -0.2) is 0 Å². The Bertz CT molecular complexity index is 396. The molecule has 2 atom stereocenters. The minimum Gasteiger partial charge on any atom is -0.369 e. The molecule has 0 saturated carbocycles. The molecule has 100 valence electrons. The molecule has 0 bridgehead atoms. The molecule has 1 N–H and O–H groups in total. The predicted octanol–water partition coefficient (Wildman–Crippen LogP) is 0.575. The van der Waals surface area contributed by atoms with Crippen LogP contribution in [0.25, 0.3) is 0 Å². The SMILES string of the molecule is CC1=C(C#N)C(O)N(CCCN(C)C)C(=O)C1C. The van der Waals surface area contributed by atoms with Crippen LogP contribution in [0.1, 0.15) is 20.3 Å². The van der Waals surface area contributed by atoms with E-state index in [0.717, 1.165) is 13.0 Å². The maximum atomic E-state index is 12.1. The number of nitriles is 1. The molecule has 1 amide bonds. The van der Waals surface area contributed by atoms with Gasteiger partial charge in [-0.05, 0) is 46.5 Å². The maximum Gasteiger partial charge on any atom is 0.231 e. The van der Waals surface area contributed by atoms with Gasteiger partial charge in [0.1, 0.15) is 0 Å². The molecule has 1 heterocycles. The molecule has 5 heteroatoms. The van der Waals surface area contributed by atoms with E-state index in [0.29, 0.717) is 17.7 Å². The van der Waals surface area contributed by atoms with E-state index in [2.05, 4.69) is 0 Å². The summed E-state index contributed by atoms with van der Waals surface area (Å²) in [4.78, 5) is 15.5. The first-order valence-corrected chi connectivity index (χ1v) is 6.14. The summed E-state index contributed by atoms with van der Waals surface area (Å²) < 4.78 is 0. The molecule has 0 fully saturated rings. The van der Waals surface area contributed by atoms with Gasteiger partial charge in [-0.2, -0.15) is 5.26 Å². The van der Waals surface area contributed by atoms with Crippen LogP contribution in [0.3, 0.4) is 0 Å². The first-order chi connectivity index (χ1) is 8.40. The average molecular weight is 251 g/mol. The number of aliphatic hydroxyl groups is 1. The Morgan fingerprint density at radius 2 is 2.11 bits per heavy atom. The van der Waals surface area contributed by atoms with Crippen LogP contribution in [0.4, 0.5) is 0 Å². The summed E-state index contributed by atoms with van der Waals surface area (Å²) in [6.07, 6.45) is -0.304. The van der Waals surface area contributed by atoms with Gasteiger partial charge in [0.15, 0.2) is 6.23 Å². The van der Waals surface area contributed by atoms with Crippen LogP contribution in [-0.2, 0) is 4.79 Å². The normalized spacial score (nSPS) is 24.7. The van der Waals surface area contributed by atoms with E-state index in [1.165, 1.54) is 4.90 Å². The fourth-order valence-corrected chi connectivity index (χ4v) is 2.08. The van der Waals surface area contributed by atoms with Crippen LogP contribution in [0.2, 0.25) is 0 Å². The van der Waals surface area contributed by atoms with Gasteiger partial charge < -0.3 is 14.9 Å². The number of aliphatic hydroxyl groups excluding tert-OH is 1. The van der Waals surface area contributed by atoms with Crippen molar-refractivity contribution in [1.82, 2.24) is 9.80 Å². The van der Waals surface area contributed by atoms with Gasteiger partial charge in [-0.15, -0.1) is 0 Å². The van der Waals surface area contributed by atoms with Crippen LogP contribution in [0, 0.1) is 17.2 Å². The van der Waals surface area contributed by atoms with Crippen molar-refractivity contribution in [3.8, 4) is 6.07 Å². The number of nitrogens with zero attached hydrogens (tertiary/aromatic N) is 3. The fraction of sp³-hybridized carbons (Fsp3) is 0.692. The number of hydrogen-bond donors (Lipinski definition) is 1. The Kier molecular flexibility index (Phi) is 4.88. The molecular weight excluding hydrogens is 230 g/mol. The maximum absolute atomic E-state index is 12.1. The first kappa shape index (κ1) is 14.7. The molecule has 2 unspecified atom stereocenters. The van der Waals surface area contributed by atoms with Gasteiger partial charge in [0.05, 0.1) is 17.6 Å². The lowest BCUT2D eigenvalue weighted by Crippen LogP contribution is -2.49. The van der Waals surface area contributed by atoms with E-state index < -0.39 is 6.23 Å². The second-order valence-electron chi connectivity index (χ2n) is 4.99. The van der Waals surface area contributed by atoms with Crippen molar-refractivity contribution in [3.63, 3.8) is 0 Å². The van der Waals surface area contributed by atoms with Gasteiger partial charge in [-0.1, -0.05) is 0 Å². The van der Waals surface area contributed by atoms with Crippen LogP contribution < -0.4 is 0 Å². The summed E-state index contributed by atoms with van der Waals surface area (Å²) in [6, 6.07) is 2.01. The van der Waals surface area contributed by atoms with Crippen molar-refractivity contribution < 1.29 is 9.90 Å². The highest BCUT2D eigenvalue weighted by Crippen LogP contribution is 2.27. The van der Waals surface area contributed by atoms with E-state index in [1.807, 2.05) is 25.1 Å². The molecule has 0 radical (unpaired) electrons. The monoisotopic (exact) mass is 251 g/mol. The number of carbonyl (C=O) groups excluding carboxylic acids is 1. The topological polar surface area (TPSA) is 67.6 Å². The summed E-state index contributed by atoms with van der Waals surface area (Å²) in [6.45, 7) is 4.83. The van der Waals surface area contributed by atoms with Crippen LogP contribution >= 0.6 is 0 Å². The average Bonchev–Trinajstić information content (AvgIpc) is 2.31. The first-order valence-electron chi connectivity index (χ1n) is 6.14. The number of rotatable bonds is 4. The summed E-state index contributed by atoms with van der Waals surface area (Å²) >= 11 is 0. The molecule has 0 aliphatic carbocycles. The van der Waals surface area contributed by atoms with Gasteiger partial charge in [0.2, 0.25) is 5.91 Å². The van der Waals surface area contributed by atoms with Crippen LogP contribution in [-0.4, -0.2) is 54.2 Å². The number of carbonyl (C=O) groups is 1. The lowest BCUT2D eigenvalue weighted by molar-refractivity contribution is -0.143. The molecule has 1 aliphatic rings. The highest BCUT2D eigenvalue weighted by molar-refractivity contribution is 5.84. The Balaban J connectivity index is 2.81. The predicted molar refractivity (Wildman–Crippen MR) is 68.4 cm³/mol. The van der Waals surface area contributed by atoms with Crippen molar-refractivity contribution in [2.24, 2.45) is 5.92 Å². The standard InChI is InChI=1S/C13H21N3O2/c1-9-10(2)12(17)16(7-5-6-15(3)4)13(18)11(9)8-14/h10,13,18H,5-7H2,1-4H3. The van der Waals surface area contributed by atoms with E-state index in [9.17, 15) is 9.90 Å². The number of amides is 1. The van der Waals surface area contributed by atoms with Crippen molar-refractivity contribution in [1.29, 1.82) is 5.26 Å². The Morgan fingerprint density at radius 3 is 2.61 bits per heavy atom. The molecule has 5 nitrogen and oxygen atoms in total. The zero-order chi connectivity index (χ0) is 13.9. The third-order valence-electron chi connectivity index (χ3n) is 3.41. The van der Waals surface area contributed by atoms with E-state index in [4.69, 9.17) is 5.26 Å². The Labute approximate surface area is 108 Å². The van der Waals surface area contributed by atoms with Gasteiger partial charge in [0.25, 0.3) is 0 Å². The zero-order valence-corrected chi connectivity index (χ0v) is 11.5.